The molecule has 2 N–H and O–H groups in total. The van der Waals surface area contributed by atoms with E-state index in [1.54, 1.807) is 0 Å². The van der Waals surface area contributed by atoms with E-state index < -0.39 is 6.10 Å². The Morgan fingerprint density at radius 1 is 1.30 bits per heavy atom. The van der Waals surface area contributed by atoms with Crippen molar-refractivity contribution in [2.75, 3.05) is 6.61 Å². The number of hydrogen-bond donors (Lipinski definition) is 2. The standard InChI is InChI=1S/C8H18O2/c1-8(2,3)5-4-7(10)6-9/h7,9-10H,4-6H2,1-3H3. The van der Waals surface area contributed by atoms with E-state index in [-0.39, 0.29) is 12.0 Å². The van der Waals surface area contributed by atoms with Gasteiger partial charge in [-0.25, -0.2) is 0 Å². The Balaban J connectivity index is 3.36. The van der Waals surface area contributed by atoms with Crippen LogP contribution in [0.1, 0.15) is 33.6 Å². The molecule has 0 saturated heterocycles. The van der Waals surface area contributed by atoms with Crippen molar-refractivity contribution in [3.8, 4) is 0 Å². The van der Waals surface area contributed by atoms with Crippen LogP contribution in [0.3, 0.4) is 0 Å². The lowest BCUT2D eigenvalue weighted by Crippen LogP contribution is -2.15. The molecule has 1 unspecified atom stereocenters. The van der Waals surface area contributed by atoms with Crippen molar-refractivity contribution >= 4 is 0 Å². The summed E-state index contributed by atoms with van der Waals surface area (Å²) in [5.74, 6) is 0. The van der Waals surface area contributed by atoms with Gasteiger partial charge in [0.15, 0.2) is 0 Å². The van der Waals surface area contributed by atoms with Crippen molar-refractivity contribution in [1.29, 1.82) is 0 Å². The van der Waals surface area contributed by atoms with Crippen LogP contribution >= 0.6 is 0 Å². The molecule has 0 aliphatic rings. The van der Waals surface area contributed by atoms with Crippen molar-refractivity contribution in [3.05, 3.63) is 0 Å². The summed E-state index contributed by atoms with van der Waals surface area (Å²) in [5, 5.41) is 17.5. The first-order valence-electron chi connectivity index (χ1n) is 3.74. The largest absolute Gasteiger partial charge is 0.394 e. The third-order valence-electron chi connectivity index (χ3n) is 1.44. The van der Waals surface area contributed by atoms with E-state index >= 15 is 0 Å². The smallest absolute Gasteiger partial charge is 0.0771 e. The van der Waals surface area contributed by atoms with Gasteiger partial charge in [-0.05, 0) is 18.3 Å². The predicted molar refractivity (Wildman–Crippen MR) is 41.8 cm³/mol. The molecule has 0 amide bonds. The van der Waals surface area contributed by atoms with Crippen LogP contribution in [0.25, 0.3) is 0 Å². The number of aliphatic hydroxyl groups excluding tert-OH is 2. The second kappa shape index (κ2) is 3.94. The summed E-state index contributed by atoms with van der Waals surface area (Å²) in [4.78, 5) is 0. The number of rotatable bonds is 3. The molecule has 0 aliphatic heterocycles. The highest BCUT2D eigenvalue weighted by Crippen LogP contribution is 2.21. The molecule has 0 rings (SSSR count). The minimum absolute atomic E-state index is 0.115. The van der Waals surface area contributed by atoms with Gasteiger partial charge in [0.1, 0.15) is 0 Å². The summed E-state index contributed by atoms with van der Waals surface area (Å²) in [6.07, 6.45) is 1.12. The molecule has 0 fully saturated rings. The maximum absolute atomic E-state index is 8.97. The first kappa shape index (κ1) is 9.92. The van der Waals surface area contributed by atoms with Crippen LogP contribution in [0.5, 0.6) is 0 Å². The highest BCUT2D eigenvalue weighted by Gasteiger charge is 2.12. The Hall–Kier alpha value is -0.0800. The molecular weight excluding hydrogens is 128 g/mol. The lowest BCUT2D eigenvalue weighted by atomic mass is 9.89. The second-order valence-corrected chi connectivity index (χ2v) is 3.94. The van der Waals surface area contributed by atoms with Crippen LogP contribution in [0.2, 0.25) is 0 Å². The van der Waals surface area contributed by atoms with Gasteiger partial charge in [0.05, 0.1) is 12.7 Å². The second-order valence-electron chi connectivity index (χ2n) is 3.94. The van der Waals surface area contributed by atoms with Crippen LogP contribution in [0.4, 0.5) is 0 Å². The van der Waals surface area contributed by atoms with Crippen LogP contribution in [-0.2, 0) is 0 Å². The maximum Gasteiger partial charge on any atom is 0.0771 e. The van der Waals surface area contributed by atoms with Gasteiger partial charge in [-0.15, -0.1) is 0 Å². The Labute approximate surface area is 62.9 Å². The first-order valence-corrected chi connectivity index (χ1v) is 3.74. The average Bonchev–Trinajstić information content (AvgIpc) is 1.81. The molecule has 62 valence electrons. The molecule has 0 aromatic carbocycles. The van der Waals surface area contributed by atoms with E-state index in [9.17, 15) is 0 Å². The Bertz CT molecular complexity index is 83.7. The van der Waals surface area contributed by atoms with Crippen molar-refractivity contribution in [3.63, 3.8) is 0 Å². The molecule has 0 spiro atoms. The van der Waals surface area contributed by atoms with Crippen molar-refractivity contribution in [2.45, 2.75) is 39.7 Å². The molecule has 0 bridgehead atoms. The van der Waals surface area contributed by atoms with E-state index in [0.29, 0.717) is 6.42 Å². The van der Waals surface area contributed by atoms with Gasteiger partial charge in [0, 0.05) is 0 Å². The topological polar surface area (TPSA) is 40.5 Å². The fraction of sp³-hybridized carbons (Fsp3) is 1.00. The molecule has 0 heterocycles. The molecule has 0 radical (unpaired) electrons. The van der Waals surface area contributed by atoms with Crippen LogP contribution in [0, 0.1) is 5.41 Å². The first-order chi connectivity index (χ1) is 4.45. The lowest BCUT2D eigenvalue weighted by molar-refractivity contribution is 0.0782. The van der Waals surface area contributed by atoms with Gasteiger partial charge in [0.25, 0.3) is 0 Å². The van der Waals surface area contributed by atoms with Gasteiger partial charge >= 0.3 is 0 Å². The fourth-order valence-corrected chi connectivity index (χ4v) is 0.691. The number of hydrogen-bond acceptors (Lipinski definition) is 2. The molecule has 2 nitrogen and oxygen atoms in total. The van der Waals surface area contributed by atoms with Gasteiger partial charge in [0.2, 0.25) is 0 Å². The molecular formula is C8H18O2. The van der Waals surface area contributed by atoms with E-state index in [0.717, 1.165) is 6.42 Å². The summed E-state index contributed by atoms with van der Waals surface area (Å²) < 4.78 is 0. The molecule has 0 aromatic rings. The van der Waals surface area contributed by atoms with E-state index in [4.69, 9.17) is 10.2 Å². The normalized spacial score (nSPS) is 15.3. The molecule has 1 atom stereocenters. The van der Waals surface area contributed by atoms with Gasteiger partial charge in [-0.3, -0.25) is 0 Å². The van der Waals surface area contributed by atoms with E-state index in [1.165, 1.54) is 0 Å². The third-order valence-corrected chi connectivity index (χ3v) is 1.44. The van der Waals surface area contributed by atoms with Crippen molar-refractivity contribution in [1.82, 2.24) is 0 Å². The summed E-state index contributed by atoms with van der Waals surface area (Å²) in [6, 6.07) is 0. The zero-order valence-corrected chi connectivity index (χ0v) is 7.09. The monoisotopic (exact) mass is 146 g/mol. The summed E-state index contributed by atoms with van der Waals surface area (Å²) in [5.41, 5.74) is 0.260. The van der Waals surface area contributed by atoms with E-state index in [2.05, 4.69) is 20.8 Å². The Morgan fingerprint density at radius 3 is 2.10 bits per heavy atom. The molecule has 0 saturated carbocycles. The molecule has 2 heteroatoms. The van der Waals surface area contributed by atoms with Gasteiger partial charge in [-0.1, -0.05) is 20.8 Å². The molecule has 10 heavy (non-hydrogen) atoms. The van der Waals surface area contributed by atoms with Crippen LogP contribution < -0.4 is 0 Å². The minimum Gasteiger partial charge on any atom is -0.394 e. The zero-order chi connectivity index (χ0) is 8.20. The van der Waals surface area contributed by atoms with Gasteiger partial charge in [-0.2, -0.15) is 0 Å². The fourth-order valence-electron chi connectivity index (χ4n) is 0.691. The Kier molecular flexibility index (Phi) is 3.91. The van der Waals surface area contributed by atoms with Gasteiger partial charge < -0.3 is 10.2 Å². The van der Waals surface area contributed by atoms with Crippen molar-refractivity contribution < 1.29 is 10.2 Å². The lowest BCUT2D eigenvalue weighted by Gasteiger charge is -2.19. The zero-order valence-electron chi connectivity index (χ0n) is 7.09. The average molecular weight is 146 g/mol. The third kappa shape index (κ3) is 6.05. The highest BCUT2D eigenvalue weighted by molar-refractivity contribution is 4.64. The summed E-state index contributed by atoms with van der Waals surface area (Å²) >= 11 is 0. The minimum atomic E-state index is -0.528. The van der Waals surface area contributed by atoms with Crippen LogP contribution in [0.15, 0.2) is 0 Å². The predicted octanol–water partition coefficient (Wildman–Crippen LogP) is 1.17. The van der Waals surface area contributed by atoms with Crippen LogP contribution in [-0.4, -0.2) is 22.9 Å². The maximum atomic E-state index is 8.97. The quantitative estimate of drug-likeness (QED) is 0.627. The highest BCUT2D eigenvalue weighted by atomic mass is 16.3. The SMILES string of the molecule is CC(C)(C)CCC(O)CO. The number of aliphatic hydroxyl groups is 2. The Morgan fingerprint density at radius 2 is 1.80 bits per heavy atom. The molecule has 0 aromatic heterocycles. The molecule has 0 aliphatic carbocycles. The summed E-state index contributed by atoms with van der Waals surface area (Å²) in [6.45, 7) is 6.25. The van der Waals surface area contributed by atoms with E-state index in [1.807, 2.05) is 0 Å². The van der Waals surface area contributed by atoms with Crippen molar-refractivity contribution in [2.24, 2.45) is 5.41 Å². The summed E-state index contributed by atoms with van der Waals surface area (Å²) in [7, 11) is 0.